The van der Waals surface area contributed by atoms with Gasteiger partial charge in [-0.3, -0.25) is 9.69 Å². The van der Waals surface area contributed by atoms with Crippen LogP contribution in [0.5, 0.6) is 5.75 Å². The van der Waals surface area contributed by atoms with Crippen LogP contribution in [-0.2, 0) is 11.0 Å². The third-order valence-corrected chi connectivity index (χ3v) is 5.25. The van der Waals surface area contributed by atoms with Gasteiger partial charge in [0.25, 0.3) is 5.91 Å². The lowest BCUT2D eigenvalue weighted by atomic mass is 10.0. The molecule has 1 fully saturated rings. The van der Waals surface area contributed by atoms with Gasteiger partial charge < -0.3 is 9.64 Å². The van der Waals surface area contributed by atoms with Gasteiger partial charge >= 0.3 is 6.18 Å². The molecule has 0 atom stereocenters. The topological polar surface area (TPSA) is 56.6 Å². The van der Waals surface area contributed by atoms with E-state index in [1.54, 1.807) is 6.92 Å². The Bertz CT molecular complexity index is 1130. The van der Waals surface area contributed by atoms with Crippen LogP contribution in [0.2, 0.25) is 0 Å². The third kappa shape index (κ3) is 3.75. The number of benzene rings is 2. The lowest BCUT2D eigenvalue weighted by Gasteiger charge is -2.29. The number of thiocarbonyl (C=S) groups is 1. The van der Waals surface area contributed by atoms with Gasteiger partial charge in [-0.25, -0.2) is 8.78 Å². The molecule has 11 heteroatoms. The number of nitrogens with zero attached hydrogens (tertiary/aromatic N) is 3. The molecule has 0 bridgehead atoms. The summed E-state index contributed by atoms with van der Waals surface area (Å²) >= 11 is 5.33. The Labute approximate surface area is 185 Å². The van der Waals surface area contributed by atoms with E-state index < -0.39 is 46.1 Å². The minimum Gasteiger partial charge on any atom is -0.488 e. The summed E-state index contributed by atoms with van der Waals surface area (Å²) in [6.07, 6.45) is -4.85. The van der Waals surface area contributed by atoms with Crippen LogP contribution in [0.15, 0.2) is 30.3 Å². The number of nitriles is 1. The van der Waals surface area contributed by atoms with Crippen LogP contribution in [0.1, 0.15) is 31.9 Å². The summed E-state index contributed by atoms with van der Waals surface area (Å²) in [6, 6.07) is 6.04. The molecular weight excluding hydrogens is 453 g/mol. The van der Waals surface area contributed by atoms with E-state index in [1.807, 2.05) is 0 Å². The van der Waals surface area contributed by atoms with Crippen LogP contribution < -0.4 is 14.5 Å². The molecule has 3 rings (SSSR count). The molecular formula is C21H16F5N3O2S. The van der Waals surface area contributed by atoms with Gasteiger partial charge in [0.05, 0.1) is 35.2 Å². The zero-order valence-electron chi connectivity index (χ0n) is 17.1. The molecule has 1 heterocycles. The lowest BCUT2D eigenvalue weighted by molar-refractivity contribution is -0.137. The number of alkyl halides is 3. The fraction of sp³-hybridized carbons (Fsp3) is 0.286. The number of carbonyl (C=O) groups excluding carboxylic acids is 1. The number of hydrogen-bond donors (Lipinski definition) is 0. The largest absolute Gasteiger partial charge is 0.488 e. The second-order valence-electron chi connectivity index (χ2n) is 7.33. The Hall–Kier alpha value is -3.26. The highest BCUT2D eigenvalue weighted by molar-refractivity contribution is 7.81. The average molecular weight is 469 g/mol. The quantitative estimate of drug-likeness (QED) is 0.457. The van der Waals surface area contributed by atoms with Crippen molar-refractivity contribution >= 4 is 34.6 Å². The number of halogens is 5. The molecule has 0 radical (unpaired) electrons. The van der Waals surface area contributed by atoms with Gasteiger partial charge in [-0.15, -0.1) is 0 Å². The van der Waals surface area contributed by atoms with Crippen molar-refractivity contribution in [3.8, 4) is 11.8 Å². The summed E-state index contributed by atoms with van der Waals surface area (Å²) in [5, 5.41) is 8.71. The number of anilines is 2. The second kappa shape index (κ2) is 8.02. The molecule has 0 unspecified atom stereocenters. The zero-order valence-corrected chi connectivity index (χ0v) is 17.9. The van der Waals surface area contributed by atoms with Crippen LogP contribution in [0.3, 0.4) is 0 Å². The maximum atomic E-state index is 14.4. The first-order valence-electron chi connectivity index (χ1n) is 9.26. The molecule has 0 saturated carbocycles. The van der Waals surface area contributed by atoms with E-state index in [-0.39, 0.29) is 23.1 Å². The summed E-state index contributed by atoms with van der Waals surface area (Å²) in [7, 11) is 0. The Morgan fingerprint density at radius 2 is 1.72 bits per heavy atom. The first kappa shape index (κ1) is 23.4. The molecule has 1 aliphatic heterocycles. The van der Waals surface area contributed by atoms with E-state index in [4.69, 9.17) is 22.2 Å². The number of rotatable bonds is 4. The van der Waals surface area contributed by atoms with E-state index in [1.165, 1.54) is 19.9 Å². The van der Waals surface area contributed by atoms with Crippen molar-refractivity contribution in [2.45, 2.75) is 32.5 Å². The van der Waals surface area contributed by atoms with Crippen molar-refractivity contribution < 1.29 is 31.5 Å². The summed E-state index contributed by atoms with van der Waals surface area (Å²) in [5.74, 6) is -3.35. The van der Waals surface area contributed by atoms with Crippen molar-refractivity contribution in [2.24, 2.45) is 0 Å². The highest BCUT2D eigenvalue weighted by Gasteiger charge is 2.51. The molecule has 5 nitrogen and oxygen atoms in total. The molecule has 1 aliphatic rings. The fourth-order valence-electron chi connectivity index (χ4n) is 3.42. The van der Waals surface area contributed by atoms with E-state index >= 15 is 0 Å². The monoisotopic (exact) mass is 469 g/mol. The maximum Gasteiger partial charge on any atom is 0.417 e. The molecule has 1 saturated heterocycles. The van der Waals surface area contributed by atoms with Crippen LogP contribution in [-0.4, -0.2) is 23.2 Å². The molecule has 0 spiro atoms. The molecule has 2 aromatic carbocycles. The molecule has 0 aromatic heterocycles. The fourth-order valence-corrected chi connectivity index (χ4v) is 3.94. The van der Waals surface area contributed by atoms with Gasteiger partial charge in [-0.1, -0.05) is 0 Å². The molecule has 0 aliphatic carbocycles. The number of ether oxygens (including phenoxy) is 1. The summed E-state index contributed by atoms with van der Waals surface area (Å²) < 4.78 is 73.9. The lowest BCUT2D eigenvalue weighted by Crippen LogP contribution is -2.44. The summed E-state index contributed by atoms with van der Waals surface area (Å²) in [4.78, 5) is 15.1. The van der Waals surface area contributed by atoms with Gasteiger partial charge in [-0.05, 0) is 51.2 Å². The summed E-state index contributed by atoms with van der Waals surface area (Å²) in [5.41, 5.74) is -3.67. The minimum atomic E-state index is -4.85. The standard InChI is InChI=1S/C21H16F5N3O2S/c1-4-31-17-15(22)8-13(9-16(17)23)29-19(32)28(18(30)20(29,2)3)12-6-5-11(10-27)14(7-12)21(24,25)26/h5-9H,4H2,1-3H3. The Morgan fingerprint density at radius 3 is 2.22 bits per heavy atom. The normalized spacial score (nSPS) is 15.8. The number of carbonyl (C=O) groups is 1. The first-order valence-corrected chi connectivity index (χ1v) is 9.67. The number of hydrogen-bond acceptors (Lipinski definition) is 4. The third-order valence-electron chi connectivity index (χ3n) is 4.89. The smallest absolute Gasteiger partial charge is 0.417 e. The van der Waals surface area contributed by atoms with E-state index in [0.717, 1.165) is 34.1 Å². The van der Waals surface area contributed by atoms with Crippen molar-refractivity contribution in [3.63, 3.8) is 0 Å². The van der Waals surface area contributed by atoms with Gasteiger partial charge in [0, 0.05) is 12.1 Å². The Balaban J connectivity index is 2.12. The SMILES string of the molecule is CCOc1c(F)cc(N2C(=S)N(c3ccc(C#N)c(C(F)(F)F)c3)C(=O)C2(C)C)cc1F. The Kier molecular flexibility index (Phi) is 5.86. The van der Waals surface area contributed by atoms with Crippen molar-refractivity contribution in [1.29, 1.82) is 5.26 Å². The van der Waals surface area contributed by atoms with Crippen molar-refractivity contribution in [2.75, 3.05) is 16.4 Å². The van der Waals surface area contributed by atoms with E-state index in [9.17, 15) is 26.7 Å². The molecule has 1 amide bonds. The van der Waals surface area contributed by atoms with Crippen molar-refractivity contribution in [3.05, 3.63) is 53.1 Å². The average Bonchev–Trinajstić information content (AvgIpc) is 2.87. The van der Waals surface area contributed by atoms with E-state index in [2.05, 4.69) is 0 Å². The van der Waals surface area contributed by atoms with Crippen LogP contribution in [0, 0.1) is 23.0 Å². The van der Waals surface area contributed by atoms with Gasteiger partial charge in [0.15, 0.2) is 22.5 Å². The second-order valence-corrected chi connectivity index (χ2v) is 7.69. The van der Waals surface area contributed by atoms with Crippen LogP contribution in [0.25, 0.3) is 0 Å². The Morgan fingerprint density at radius 1 is 1.12 bits per heavy atom. The predicted octanol–water partition coefficient (Wildman–Crippen LogP) is 5.17. The highest BCUT2D eigenvalue weighted by Crippen LogP contribution is 2.40. The first-order chi connectivity index (χ1) is 14.8. The highest BCUT2D eigenvalue weighted by atomic mass is 32.1. The summed E-state index contributed by atoms with van der Waals surface area (Å²) in [6.45, 7) is 4.41. The predicted molar refractivity (Wildman–Crippen MR) is 110 cm³/mol. The van der Waals surface area contributed by atoms with Gasteiger partial charge in [0.2, 0.25) is 0 Å². The minimum absolute atomic E-state index is 0.0211. The molecule has 2 aromatic rings. The number of amides is 1. The van der Waals surface area contributed by atoms with Crippen molar-refractivity contribution in [1.82, 2.24) is 0 Å². The maximum absolute atomic E-state index is 14.4. The van der Waals surface area contributed by atoms with Gasteiger partial charge in [-0.2, -0.15) is 18.4 Å². The molecule has 168 valence electrons. The zero-order chi connectivity index (χ0) is 24.0. The molecule has 32 heavy (non-hydrogen) atoms. The van der Waals surface area contributed by atoms with Crippen LogP contribution in [0.4, 0.5) is 33.3 Å². The van der Waals surface area contributed by atoms with E-state index in [0.29, 0.717) is 6.07 Å². The molecule has 0 N–H and O–H groups in total. The van der Waals surface area contributed by atoms with Crippen LogP contribution >= 0.6 is 12.2 Å². The van der Waals surface area contributed by atoms with Gasteiger partial charge in [0.1, 0.15) is 5.54 Å².